The number of hydrogen-bond acceptors (Lipinski definition) is 9. The van der Waals surface area contributed by atoms with E-state index in [0.29, 0.717) is 15.6 Å². The summed E-state index contributed by atoms with van der Waals surface area (Å²) in [5, 5.41) is 17.4. The first-order valence-corrected chi connectivity index (χ1v) is 14.0. The Balaban J connectivity index is 0.000000587. The molecule has 8 nitrogen and oxygen atoms in total. The molecule has 4 rings (SSSR count). The molecule has 0 unspecified atom stereocenters. The van der Waals surface area contributed by atoms with Gasteiger partial charge in [0.1, 0.15) is 21.5 Å². The van der Waals surface area contributed by atoms with E-state index in [1.54, 1.807) is 18.2 Å². The van der Waals surface area contributed by atoms with Gasteiger partial charge >= 0.3 is 18.1 Å². The van der Waals surface area contributed by atoms with Crippen molar-refractivity contribution in [1.29, 1.82) is 0 Å². The van der Waals surface area contributed by atoms with Crippen molar-refractivity contribution in [2.45, 2.75) is 16.8 Å². The second-order valence-electron chi connectivity index (χ2n) is 8.45. The van der Waals surface area contributed by atoms with Gasteiger partial charge in [-0.25, -0.2) is 14.0 Å². The number of esters is 1. The van der Waals surface area contributed by atoms with Gasteiger partial charge in [0.2, 0.25) is 0 Å². The lowest BCUT2D eigenvalue weighted by molar-refractivity contribution is -0.192. The van der Waals surface area contributed by atoms with E-state index in [0.717, 1.165) is 49.0 Å². The SMILES string of the molecule is O=C(O)C(F)(F)F.O=C(OCCCN1CCOCC1)c1ccc(NSc2cc(-c3cccc(F)c3)c(Cl)s2)cc1O. The number of benzene rings is 2. The number of hydrogen-bond donors (Lipinski definition) is 3. The second-order valence-corrected chi connectivity index (χ2v) is 11.2. The number of anilines is 1. The minimum Gasteiger partial charge on any atom is -0.507 e. The molecule has 2 aromatic carbocycles. The Bertz CT molecular complexity index is 1340. The topological polar surface area (TPSA) is 108 Å². The molecule has 1 aromatic heterocycles. The molecule has 1 aliphatic rings. The number of carbonyl (C=O) groups excluding carboxylic acids is 1. The Labute approximate surface area is 246 Å². The molecule has 0 amide bonds. The fraction of sp³-hybridized carbons (Fsp3) is 0.308. The van der Waals surface area contributed by atoms with Crippen LogP contribution < -0.4 is 4.72 Å². The first-order valence-electron chi connectivity index (χ1n) is 12.0. The summed E-state index contributed by atoms with van der Waals surface area (Å²) in [4.78, 5) is 23.5. The summed E-state index contributed by atoms with van der Waals surface area (Å²) in [6.07, 6.45) is -4.36. The summed E-state index contributed by atoms with van der Waals surface area (Å²) in [6.45, 7) is 4.39. The molecule has 0 radical (unpaired) electrons. The van der Waals surface area contributed by atoms with Gasteiger partial charge in [-0.05, 0) is 54.3 Å². The van der Waals surface area contributed by atoms with Crippen LogP contribution in [0.3, 0.4) is 0 Å². The molecular formula is C26H25ClF4N2O6S2. The normalized spacial score (nSPS) is 13.7. The number of aromatic hydroxyl groups is 1. The molecule has 1 aliphatic heterocycles. The lowest BCUT2D eigenvalue weighted by atomic mass is 10.1. The van der Waals surface area contributed by atoms with Crippen LogP contribution in [0.25, 0.3) is 11.1 Å². The first kappa shape index (κ1) is 32.5. The van der Waals surface area contributed by atoms with Crippen molar-refractivity contribution >= 4 is 52.5 Å². The number of halogens is 5. The maximum atomic E-state index is 13.5. The highest BCUT2D eigenvalue weighted by Gasteiger charge is 2.38. The van der Waals surface area contributed by atoms with E-state index in [4.69, 9.17) is 31.0 Å². The number of alkyl halides is 3. The third-order valence-corrected chi connectivity index (χ3v) is 7.79. The van der Waals surface area contributed by atoms with Crippen LogP contribution in [-0.4, -0.2) is 72.7 Å². The molecule has 1 saturated heterocycles. The molecule has 222 valence electrons. The Kier molecular flexibility index (Phi) is 12.1. The average Bonchev–Trinajstić information content (AvgIpc) is 3.30. The fourth-order valence-electron chi connectivity index (χ4n) is 3.48. The average molecular weight is 637 g/mol. The molecule has 15 heteroatoms. The van der Waals surface area contributed by atoms with Crippen molar-refractivity contribution in [3.05, 3.63) is 64.2 Å². The van der Waals surface area contributed by atoms with Gasteiger partial charge in [0.05, 0.1) is 24.0 Å². The summed E-state index contributed by atoms with van der Waals surface area (Å²) in [5.74, 6) is -3.79. The molecule has 3 aromatic rings. The van der Waals surface area contributed by atoms with Gasteiger partial charge < -0.3 is 24.4 Å². The van der Waals surface area contributed by atoms with E-state index in [9.17, 15) is 27.5 Å². The molecule has 3 N–H and O–H groups in total. The third kappa shape index (κ3) is 10.4. The minimum absolute atomic E-state index is 0.120. The Hall–Kier alpha value is -3.04. The second kappa shape index (κ2) is 15.3. The number of carbonyl (C=O) groups is 2. The molecule has 0 spiro atoms. The van der Waals surface area contributed by atoms with E-state index >= 15 is 0 Å². The number of nitrogens with zero attached hydrogens (tertiary/aromatic N) is 1. The highest BCUT2D eigenvalue weighted by atomic mass is 35.5. The molecule has 0 aliphatic carbocycles. The predicted molar refractivity (Wildman–Crippen MR) is 148 cm³/mol. The van der Waals surface area contributed by atoms with Crippen LogP contribution in [0.5, 0.6) is 5.75 Å². The molecule has 2 heterocycles. The van der Waals surface area contributed by atoms with Crippen molar-refractivity contribution in [2.24, 2.45) is 0 Å². The molecular weight excluding hydrogens is 612 g/mol. The van der Waals surface area contributed by atoms with Gasteiger partial charge in [0, 0.05) is 37.0 Å². The summed E-state index contributed by atoms with van der Waals surface area (Å²) in [6, 6.07) is 12.8. The Morgan fingerprint density at radius 3 is 2.49 bits per heavy atom. The van der Waals surface area contributed by atoms with E-state index in [2.05, 4.69) is 9.62 Å². The highest BCUT2D eigenvalue weighted by molar-refractivity contribution is 8.02. The van der Waals surface area contributed by atoms with E-state index in [1.807, 2.05) is 6.07 Å². The van der Waals surface area contributed by atoms with Crippen LogP contribution in [0.1, 0.15) is 16.8 Å². The smallest absolute Gasteiger partial charge is 0.490 e. The number of carboxylic acid groups (broad SMARTS) is 1. The summed E-state index contributed by atoms with van der Waals surface area (Å²) in [5.41, 5.74) is 2.20. The standard InChI is InChI=1S/C24H24ClFN2O4S2.C2HF3O2/c25-23-20(16-3-1-4-17(26)13-16)15-22(33-23)34-27-18-5-6-19(21(29)14-18)24(30)32-10-2-7-28-8-11-31-12-9-28;3-2(4,5)1(6)7/h1,3-6,13-15,27,29H,2,7-12H2;(H,6,7). The summed E-state index contributed by atoms with van der Waals surface area (Å²) in [7, 11) is 0. The fourth-order valence-corrected chi connectivity index (χ4v) is 5.74. The first-order chi connectivity index (χ1) is 19.4. The van der Waals surface area contributed by atoms with Crippen molar-refractivity contribution in [3.63, 3.8) is 0 Å². The third-order valence-electron chi connectivity index (χ3n) is 5.48. The number of carboxylic acids is 1. The number of morpholine rings is 1. The van der Waals surface area contributed by atoms with Crippen LogP contribution in [-0.2, 0) is 14.3 Å². The molecule has 0 bridgehead atoms. The number of phenols is 1. The van der Waals surface area contributed by atoms with Gasteiger partial charge in [0.25, 0.3) is 0 Å². The maximum Gasteiger partial charge on any atom is 0.490 e. The number of thiophene rings is 1. The number of phenolic OH excluding ortho intramolecular Hbond substituents is 1. The minimum atomic E-state index is -5.08. The van der Waals surface area contributed by atoms with Crippen LogP contribution in [0.15, 0.2) is 52.7 Å². The summed E-state index contributed by atoms with van der Waals surface area (Å²) >= 11 is 9.02. The van der Waals surface area contributed by atoms with Gasteiger partial charge in [0.15, 0.2) is 0 Å². The van der Waals surface area contributed by atoms with E-state index in [1.165, 1.54) is 47.6 Å². The van der Waals surface area contributed by atoms with Crippen molar-refractivity contribution < 1.29 is 46.8 Å². The highest BCUT2D eigenvalue weighted by Crippen LogP contribution is 2.40. The number of rotatable bonds is 9. The largest absolute Gasteiger partial charge is 0.507 e. The summed E-state index contributed by atoms with van der Waals surface area (Å²) < 4.78 is 60.5. The lowest BCUT2D eigenvalue weighted by Gasteiger charge is -2.26. The molecule has 1 fully saturated rings. The predicted octanol–water partition coefficient (Wildman–Crippen LogP) is 6.54. The van der Waals surface area contributed by atoms with Crippen LogP contribution in [0.4, 0.5) is 23.2 Å². The number of nitrogens with one attached hydrogen (secondary N) is 1. The number of aliphatic carboxylic acids is 1. The van der Waals surface area contributed by atoms with Crippen molar-refractivity contribution in [1.82, 2.24) is 4.90 Å². The van der Waals surface area contributed by atoms with Crippen LogP contribution in [0.2, 0.25) is 4.34 Å². The quantitative estimate of drug-likeness (QED) is 0.104. The molecule has 41 heavy (non-hydrogen) atoms. The van der Waals surface area contributed by atoms with Crippen LogP contribution >= 0.6 is 34.9 Å². The van der Waals surface area contributed by atoms with Gasteiger partial charge in [-0.15, -0.1) is 11.3 Å². The zero-order valence-corrected chi connectivity index (χ0v) is 23.6. The molecule has 0 atom stereocenters. The van der Waals surface area contributed by atoms with Gasteiger partial charge in [-0.2, -0.15) is 13.2 Å². The zero-order chi connectivity index (χ0) is 30.0. The maximum absolute atomic E-state index is 13.5. The van der Waals surface area contributed by atoms with Gasteiger partial charge in [-0.1, -0.05) is 23.7 Å². The van der Waals surface area contributed by atoms with Gasteiger partial charge in [-0.3, -0.25) is 4.90 Å². The number of ether oxygens (including phenoxy) is 2. The lowest BCUT2D eigenvalue weighted by Crippen LogP contribution is -2.37. The molecule has 0 saturated carbocycles. The van der Waals surface area contributed by atoms with Crippen molar-refractivity contribution in [2.75, 3.05) is 44.2 Å². The zero-order valence-electron chi connectivity index (χ0n) is 21.2. The van der Waals surface area contributed by atoms with E-state index in [-0.39, 0.29) is 23.7 Å². The Morgan fingerprint density at radius 2 is 1.85 bits per heavy atom. The Morgan fingerprint density at radius 1 is 1.15 bits per heavy atom. The van der Waals surface area contributed by atoms with Crippen LogP contribution in [0, 0.1) is 5.82 Å². The van der Waals surface area contributed by atoms with E-state index < -0.39 is 18.1 Å². The monoisotopic (exact) mass is 636 g/mol. The van der Waals surface area contributed by atoms with Crippen molar-refractivity contribution in [3.8, 4) is 16.9 Å².